The van der Waals surface area contributed by atoms with Gasteiger partial charge in [0.2, 0.25) is 0 Å². The fraction of sp³-hybridized carbons (Fsp3) is 0.708. The van der Waals surface area contributed by atoms with Crippen LogP contribution in [0.2, 0.25) is 0 Å². The predicted octanol–water partition coefficient (Wildman–Crippen LogP) is 1.59. The van der Waals surface area contributed by atoms with Gasteiger partial charge in [-0.05, 0) is 63.5 Å². The molecular weight excluding hydrogens is 388 g/mol. The number of ketones is 1. The maximum atomic E-state index is 13.6. The van der Waals surface area contributed by atoms with E-state index in [2.05, 4.69) is 27.7 Å². The summed E-state index contributed by atoms with van der Waals surface area (Å²) in [6.07, 6.45) is 9.95. The molecule has 4 heterocycles. The third-order valence-corrected chi connectivity index (χ3v) is 9.49. The molecule has 164 valence electrons. The molecule has 2 aliphatic heterocycles. The van der Waals surface area contributed by atoms with E-state index in [9.17, 15) is 4.79 Å². The molecule has 0 bridgehead atoms. The van der Waals surface area contributed by atoms with Gasteiger partial charge in [0.05, 0.1) is 17.8 Å². The Morgan fingerprint density at radius 3 is 2.81 bits per heavy atom. The molecule has 2 aromatic rings. The van der Waals surface area contributed by atoms with Crippen LogP contribution >= 0.6 is 0 Å². The van der Waals surface area contributed by atoms with Crippen LogP contribution in [-0.2, 0) is 17.6 Å². The van der Waals surface area contributed by atoms with E-state index in [0.717, 1.165) is 44.7 Å². The molecule has 2 unspecified atom stereocenters. The summed E-state index contributed by atoms with van der Waals surface area (Å²) in [5.41, 5.74) is 3.90. The molecule has 3 saturated carbocycles. The molecule has 2 atom stereocenters. The second-order valence-corrected chi connectivity index (χ2v) is 10.6. The lowest BCUT2D eigenvalue weighted by atomic mass is 9.70. The van der Waals surface area contributed by atoms with Gasteiger partial charge in [0.1, 0.15) is 11.6 Å². The summed E-state index contributed by atoms with van der Waals surface area (Å²) >= 11 is 0. The molecule has 7 heteroatoms. The topological polar surface area (TPSA) is 74.6 Å². The maximum absolute atomic E-state index is 13.6. The van der Waals surface area contributed by atoms with Crippen molar-refractivity contribution in [1.29, 1.82) is 0 Å². The quantitative estimate of drug-likeness (QED) is 0.783. The Labute approximate surface area is 183 Å². The molecule has 2 aromatic heterocycles. The number of hydrogen-bond donors (Lipinski definition) is 2. The number of anilines is 1. The second kappa shape index (κ2) is 6.29. The Hall–Kier alpha value is -1.99. The molecule has 7 nitrogen and oxygen atoms in total. The molecule has 0 radical (unpaired) electrons. The summed E-state index contributed by atoms with van der Waals surface area (Å²) in [5.74, 6) is 2.68. The summed E-state index contributed by atoms with van der Waals surface area (Å²) in [6.45, 7) is 3.65. The number of carbonyl (C=O) groups is 1. The average Bonchev–Trinajstić information content (AvgIpc) is 3.60. The van der Waals surface area contributed by atoms with Crippen LogP contribution in [0.1, 0.15) is 43.4 Å². The van der Waals surface area contributed by atoms with Crippen molar-refractivity contribution in [3.8, 4) is 0 Å². The van der Waals surface area contributed by atoms with E-state index in [1.54, 1.807) is 0 Å². The van der Waals surface area contributed by atoms with Gasteiger partial charge < -0.3 is 15.5 Å². The van der Waals surface area contributed by atoms with Crippen LogP contribution < -0.4 is 15.5 Å². The molecule has 5 aliphatic rings. The Morgan fingerprint density at radius 1 is 1.23 bits per heavy atom. The van der Waals surface area contributed by atoms with Crippen molar-refractivity contribution >= 4 is 17.2 Å². The molecule has 4 fully saturated rings. The number of Topliss-reactive ketones (excluding diaryl/α,β-unsaturated/α-hetero) is 1. The van der Waals surface area contributed by atoms with E-state index < -0.39 is 0 Å². The normalized spacial score (nSPS) is 36.6. The molecule has 2 N–H and O–H groups in total. The lowest BCUT2D eigenvalue weighted by Gasteiger charge is -2.43. The van der Waals surface area contributed by atoms with Gasteiger partial charge >= 0.3 is 0 Å². The van der Waals surface area contributed by atoms with Gasteiger partial charge in [-0.2, -0.15) is 9.61 Å². The van der Waals surface area contributed by atoms with Gasteiger partial charge in [-0.25, -0.2) is 4.98 Å². The Bertz CT molecular complexity index is 1060. The van der Waals surface area contributed by atoms with Crippen LogP contribution in [0, 0.1) is 22.7 Å². The smallest absolute Gasteiger partial charge is 0.157 e. The third-order valence-electron chi connectivity index (χ3n) is 9.49. The molecule has 7 rings (SSSR count). The van der Waals surface area contributed by atoms with E-state index in [-0.39, 0.29) is 11.3 Å². The van der Waals surface area contributed by atoms with Crippen molar-refractivity contribution in [1.82, 2.24) is 25.2 Å². The van der Waals surface area contributed by atoms with Crippen LogP contribution in [0.25, 0.3) is 5.65 Å². The fourth-order valence-corrected chi connectivity index (χ4v) is 7.55. The van der Waals surface area contributed by atoms with E-state index in [1.807, 2.05) is 16.8 Å². The van der Waals surface area contributed by atoms with Crippen LogP contribution in [-0.4, -0.2) is 59.6 Å². The van der Waals surface area contributed by atoms with E-state index in [0.29, 0.717) is 23.2 Å². The van der Waals surface area contributed by atoms with Crippen molar-refractivity contribution in [2.45, 2.75) is 51.0 Å². The largest absolute Gasteiger partial charge is 0.355 e. The highest BCUT2D eigenvalue weighted by Crippen LogP contribution is 2.92. The minimum Gasteiger partial charge on any atom is -0.355 e. The van der Waals surface area contributed by atoms with Gasteiger partial charge in [0.15, 0.2) is 5.65 Å². The Balaban J connectivity index is 1.11. The molecule has 1 spiro atoms. The molecule has 31 heavy (non-hydrogen) atoms. The van der Waals surface area contributed by atoms with Gasteiger partial charge in [-0.15, -0.1) is 0 Å². The van der Waals surface area contributed by atoms with Gasteiger partial charge in [0, 0.05) is 49.1 Å². The zero-order valence-electron chi connectivity index (χ0n) is 18.4. The highest BCUT2D eigenvalue weighted by atomic mass is 16.1. The van der Waals surface area contributed by atoms with E-state index in [1.165, 1.54) is 49.2 Å². The molecule has 3 aliphatic carbocycles. The van der Waals surface area contributed by atoms with E-state index >= 15 is 0 Å². The van der Waals surface area contributed by atoms with Crippen molar-refractivity contribution in [2.24, 2.45) is 22.7 Å². The molecule has 1 saturated heterocycles. The first-order valence-corrected chi connectivity index (χ1v) is 12.2. The van der Waals surface area contributed by atoms with Crippen molar-refractivity contribution < 1.29 is 4.79 Å². The minimum absolute atomic E-state index is 0.0720. The van der Waals surface area contributed by atoms with Crippen LogP contribution in [0.15, 0.2) is 12.3 Å². The number of nitrogens with one attached hydrogen (secondary N) is 2. The van der Waals surface area contributed by atoms with Crippen LogP contribution in [0.4, 0.5) is 5.82 Å². The van der Waals surface area contributed by atoms with Crippen LogP contribution in [0.3, 0.4) is 0 Å². The highest BCUT2D eigenvalue weighted by Gasteiger charge is 2.91. The number of rotatable bonds is 4. The summed E-state index contributed by atoms with van der Waals surface area (Å²) < 4.78 is 2.00. The monoisotopic (exact) mass is 420 g/mol. The number of fused-ring (bicyclic) bond motifs is 5. The molecule has 0 aromatic carbocycles. The standard InChI is InChI=1S/C24H32N6O/c1-25-16-2-7-23(8-3-16)19-12-24(19,23)21(31)15-13-29(14-15)22-17-4-9-26-10-5-18(17)28-20-6-11-27-30(20)22/h6,11,15-16,19,25-26H,2-5,7-10,12-14H2,1H3. The van der Waals surface area contributed by atoms with Crippen molar-refractivity contribution in [3.63, 3.8) is 0 Å². The summed E-state index contributed by atoms with van der Waals surface area (Å²) in [5, 5.41) is 11.5. The van der Waals surface area contributed by atoms with Gasteiger partial charge in [-0.1, -0.05) is 0 Å². The lowest BCUT2D eigenvalue weighted by Crippen LogP contribution is -2.53. The van der Waals surface area contributed by atoms with E-state index in [4.69, 9.17) is 4.98 Å². The molecular formula is C24H32N6O. The third kappa shape index (κ3) is 2.34. The first kappa shape index (κ1) is 18.6. The second-order valence-electron chi connectivity index (χ2n) is 10.6. The number of aromatic nitrogens is 3. The zero-order valence-corrected chi connectivity index (χ0v) is 18.4. The minimum atomic E-state index is 0.0720. The first-order valence-electron chi connectivity index (χ1n) is 12.2. The van der Waals surface area contributed by atoms with Gasteiger partial charge in [0.25, 0.3) is 0 Å². The highest BCUT2D eigenvalue weighted by molar-refractivity contribution is 5.97. The van der Waals surface area contributed by atoms with Crippen molar-refractivity contribution in [2.75, 3.05) is 38.1 Å². The zero-order chi connectivity index (χ0) is 20.8. The number of nitrogens with zero attached hydrogens (tertiary/aromatic N) is 4. The predicted molar refractivity (Wildman–Crippen MR) is 118 cm³/mol. The molecule has 0 amide bonds. The summed E-state index contributed by atoms with van der Waals surface area (Å²) in [6, 6.07) is 2.65. The SMILES string of the molecule is CNC1CCC2(CC1)C1CC12C(=O)C1CN(c2c3c(nc4ccnn24)CCNCC3)C1. The number of carbonyl (C=O) groups excluding carboxylic acids is 1. The summed E-state index contributed by atoms with van der Waals surface area (Å²) in [7, 11) is 2.08. The lowest BCUT2D eigenvalue weighted by molar-refractivity contribution is -0.129. The average molecular weight is 421 g/mol. The maximum Gasteiger partial charge on any atom is 0.157 e. The number of hydrogen-bond acceptors (Lipinski definition) is 6. The Morgan fingerprint density at radius 2 is 2.03 bits per heavy atom. The Kier molecular flexibility index (Phi) is 3.77. The van der Waals surface area contributed by atoms with Crippen LogP contribution in [0.5, 0.6) is 0 Å². The summed E-state index contributed by atoms with van der Waals surface area (Å²) in [4.78, 5) is 20.9. The first-order chi connectivity index (χ1) is 15.2. The fourth-order valence-electron chi connectivity index (χ4n) is 7.55. The van der Waals surface area contributed by atoms with Crippen molar-refractivity contribution in [3.05, 3.63) is 23.5 Å². The van der Waals surface area contributed by atoms with Gasteiger partial charge in [-0.3, -0.25) is 4.79 Å².